The third kappa shape index (κ3) is 4.61. The highest BCUT2D eigenvalue weighted by Gasteiger charge is 2.25. The van der Waals surface area contributed by atoms with Gasteiger partial charge < -0.3 is 9.32 Å². The average Bonchev–Trinajstić information content (AvgIpc) is 3.34. The topological polar surface area (TPSA) is 94.1 Å². The molecular weight excluding hydrogens is 450 g/mol. The lowest BCUT2D eigenvalue weighted by Crippen LogP contribution is -2.40. The van der Waals surface area contributed by atoms with Crippen LogP contribution in [0.25, 0.3) is 22.4 Å². The molecule has 9 heteroatoms. The van der Waals surface area contributed by atoms with Crippen LogP contribution >= 0.6 is 11.8 Å². The number of likely N-dealkylation sites (tertiary alicyclic amines) is 1. The van der Waals surface area contributed by atoms with E-state index in [9.17, 15) is 9.59 Å². The number of piperidine rings is 1. The van der Waals surface area contributed by atoms with Crippen molar-refractivity contribution in [3.63, 3.8) is 0 Å². The summed E-state index contributed by atoms with van der Waals surface area (Å²) in [5, 5.41) is 14.1. The number of rotatable bonds is 6. The van der Waals surface area contributed by atoms with Crippen molar-refractivity contribution in [2.75, 3.05) is 13.1 Å². The molecule has 0 N–H and O–H groups in total. The van der Waals surface area contributed by atoms with Crippen molar-refractivity contribution in [3.8, 4) is 11.6 Å². The Hall–Kier alpha value is -3.46. The Labute approximate surface area is 201 Å². The summed E-state index contributed by atoms with van der Waals surface area (Å²) in [5.74, 6) is 0.308. The molecule has 5 rings (SSSR count). The Morgan fingerprint density at radius 1 is 1.00 bits per heavy atom. The summed E-state index contributed by atoms with van der Waals surface area (Å²) in [6.07, 6.45) is 3.27. The molecule has 0 saturated carbocycles. The zero-order valence-electron chi connectivity index (χ0n) is 18.9. The number of aromatic nitrogens is 4. The van der Waals surface area contributed by atoms with E-state index in [4.69, 9.17) is 4.42 Å². The maximum atomic E-state index is 13.1. The van der Waals surface area contributed by atoms with Gasteiger partial charge in [-0.25, -0.2) is 4.68 Å². The standard InChI is InChI=1S/C25H25N5O3S/c1-17(23(31)29-14-8-3-9-15-29)34-25-27-26-22(33-25)21-19-12-6-7-13-20(19)24(32)30(28-21)16-18-10-4-2-5-11-18/h2,4-7,10-13,17H,3,8-9,14-16H2,1H3. The number of carbonyl (C=O) groups excluding carboxylic acids is 1. The average molecular weight is 476 g/mol. The van der Waals surface area contributed by atoms with E-state index in [-0.39, 0.29) is 22.6 Å². The van der Waals surface area contributed by atoms with E-state index in [1.165, 1.54) is 22.9 Å². The largest absolute Gasteiger partial charge is 0.409 e. The fourth-order valence-corrected chi connectivity index (χ4v) is 4.95. The molecule has 2 aromatic carbocycles. The number of fused-ring (bicyclic) bond motifs is 1. The molecule has 1 atom stereocenters. The molecule has 0 aliphatic carbocycles. The van der Waals surface area contributed by atoms with Crippen LogP contribution in [0.3, 0.4) is 0 Å². The normalized spacial score (nSPS) is 14.9. The van der Waals surface area contributed by atoms with Gasteiger partial charge in [-0.3, -0.25) is 9.59 Å². The van der Waals surface area contributed by atoms with Crippen molar-refractivity contribution in [2.24, 2.45) is 0 Å². The van der Waals surface area contributed by atoms with Gasteiger partial charge in [-0.15, -0.1) is 10.2 Å². The second kappa shape index (κ2) is 9.80. The first kappa shape index (κ1) is 22.3. The molecule has 2 aromatic heterocycles. The highest BCUT2D eigenvalue weighted by Crippen LogP contribution is 2.29. The first-order valence-corrected chi connectivity index (χ1v) is 12.3. The molecule has 1 aliphatic rings. The van der Waals surface area contributed by atoms with Crippen molar-refractivity contribution in [2.45, 2.75) is 43.2 Å². The highest BCUT2D eigenvalue weighted by atomic mass is 32.2. The van der Waals surface area contributed by atoms with Crippen LogP contribution in [-0.4, -0.2) is 49.1 Å². The molecule has 1 fully saturated rings. The smallest absolute Gasteiger partial charge is 0.277 e. The lowest BCUT2D eigenvalue weighted by atomic mass is 10.1. The van der Waals surface area contributed by atoms with Gasteiger partial charge in [-0.2, -0.15) is 5.10 Å². The van der Waals surface area contributed by atoms with Crippen LogP contribution in [0.1, 0.15) is 31.7 Å². The molecule has 0 bridgehead atoms. The van der Waals surface area contributed by atoms with Gasteiger partial charge in [0, 0.05) is 18.5 Å². The summed E-state index contributed by atoms with van der Waals surface area (Å²) in [6.45, 7) is 3.79. The Balaban J connectivity index is 1.44. The molecule has 174 valence electrons. The number of amides is 1. The van der Waals surface area contributed by atoms with E-state index < -0.39 is 0 Å². The van der Waals surface area contributed by atoms with Gasteiger partial charge in [0.15, 0.2) is 5.69 Å². The van der Waals surface area contributed by atoms with Crippen LogP contribution in [0.4, 0.5) is 0 Å². The Bertz CT molecular complexity index is 1360. The van der Waals surface area contributed by atoms with Crippen LogP contribution in [0.15, 0.2) is 69.0 Å². The Morgan fingerprint density at radius 3 is 2.47 bits per heavy atom. The van der Waals surface area contributed by atoms with Crippen LogP contribution < -0.4 is 5.56 Å². The second-order valence-electron chi connectivity index (χ2n) is 8.36. The van der Waals surface area contributed by atoms with Crippen molar-refractivity contribution >= 4 is 28.4 Å². The summed E-state index contributed by atoms with van der Waals surface area (Å²) in [5.41, 5.74) is 1.23. The number of carbonyl (C=O) groups is 1. The van der Waals surface area contributed by atoms with Crippen LogP contribution in [0, 0.1) is 0 Å². The monoisotopic (exact) mass is 475 g/mol. The van der Waals surface area contributed by atoms with Gasteiger partial charge in [0.25, 0.3) is 16.7 Å². The summed E-state index contributed by atoms with van der Waals surface area (Å²) in [7, 11) is 0. The molecule has 8 nitrogen and oxygen atoms in total. The van der Waals surface area contributed by atoms with Crippen LogP contribution in [0.5, 0.6) is 0 Å². The van der Waals surface area contributed by atoms with Gasteiger partial charge in [0.1, 0.15) is 0 Å². The van der Waals surface area contributed by atoms with E-state index in [0.717, 1.165) is 31.5 Å². The van der Waals surface area contributed by atoms with Gasteiger partial charge in [-0.05, 0) is 37.8 Å². The summed E-state index contributed by atoms with van der Waals surface area (Å²) < 4.78 is 7.35. The molecule has 1 unspecified atom stereocenters. The third-order valence-corrected chi connectivity index (χ3v) is 6.87. The zero-order valence-corrected chi connectivity index (χ0v) is 19.7. The molecular formula is C25H25N5O3S. The highest BCUT2D eigenvalue weighted by molar-refractivity contribution is 8.00. The summed E-state index contributed by atoms with van der Waals surface area (Å²) >= 11 is 1.25. The van der Waals surface area contributed by atoms with Gasteiger partial charge in [-0.1, -0.05) is 60.3 Å². The lowest BCUT2D eigenvalue weighted by molar-refractivity contribution is -0.131. The first-order chi connectivity index (χ1) is 16.6. The quantitative estimate of drug-likeness (QED) is 0.389. The van der Waals surface area contributed by atoms with Crippen LogP contribution in [0.2, 0.25) is 0 Å². The predicted octanol–water partition coefficient (Wildman–Crippen LogP) is 3.99. The number of hydrogen-bond acceptors (Lipinski definition) is 7. The molecule has 34 heavy (non-hydrogen) atoms. The third-order valence-electron chi connectivity index (χ3n) is 5.95. The minimum absolute atomic E-state index is 0.0874. The van der Waals surface area contributed by atoms with E-state index in [2.05, 4.69) is 15.3 Å². The number of hydrogen-bond donors (Lipinski definition) is 0. The summed E-state index contributed by atoms with van der Waals surface area (Å²) in [4.78, 5) is 27.8. The van der Waals surface area contributed by atoms with Gasteiger partial charge in [0.2, 0.25) is 5.91 Å². The Morgan fingerprint density at radius 2 is 1.71 bits per heavy atom. The van der Waals surface area contributed by atoms with Crippen molar-refractivity contribution in [3.05, 3.63) is 70.5 Å². The minimum atomic E-state index is -0.330. The van der Waals surface area contributed by atoms with E-state index >= 15 is 0 Å². The molecule has 0 spiro atoms. The summed E-state index contributed by atoms with van der Waals surface area (Å²) in [6, 6.07) is 17.0. The zero-order chi connectivity index (χ0) is 23.5. The first-order valence-electron chi connectivity index (χ1n) is 11.4. The van der Waals surface area contributed by atoms with Crippen molar-refractivity contribution < 1.29 is 9.21 Å². The van der Waals surface area contributed by atoms with Crippen molar-refractivity contribution in [1.82, 2.24) is 24.9 Å². The molecule has 1 saturated heterocycles. The SMILES string of the molecule is CC(Sc1nnc(-c2nn(Cc3ccccc3)c(=O)c3ccccc23)o1)C(=O)N1CCCCC1. The van der Waals surface area contributed by atoms with Crippen LogP contribution in [-0.2, 0) is 11.3 Å². The maximum absolute atomic E-state index is 13.1. The Kier molecular flexibility index (Phi) is 6.44. The van der Waals surface area contributed by atoms with Gasteiger partial charge in [0.05, 0.1) is 17.2 Å². The van der Waals surface area contributed by atoms with E-state index in [1.807, 2.05) is 60.4 Å². The molecule has 4 aromatic rings. The van der Waals surface area contributed by atoms with E-state index in [0.29, 0.717) is 28.2 Å². The molecule has 1 aliphatic heterocycles. The number of thioether (sulfide) groups is 1. The minimum Gasteiger partial charge on any atom is -0.409 e. The molecule has 1 amide bonds. The predicted molar refractivity (Wildman–Crippen MR) is 131 cm³/mol. The fourth-order valence-electron chi connectivity index (χ4n) is 4.18. The molecule has 0 radical (unpaired) electrons. The number of nitrogens with zero attached hydrogens (tertiary/aromatic N) is 5. The fraction of sp³-hybridized carbons (Fsp3) is 0.320. The van der Waals surface area contributed by atoms with Crippen molar-refractivity contribution in [1.29, 1.82) is 0 Å². The van der Waals surface area contributed by atoms with Gasteiger partial charge >= 0.3 is 0 Å². The molecule has 3 heterocycles. The maximum Gasteiger partial charge on any atom is 0.277 e. The second-order valence-corrected chi connectivity index (χ2v) is 9.65. The van der Waals surface area contributed by atoms with E-state index in [1.54, 1.807) is 6.07 Å². The lowest BCUT2D eigenvalue weighted by Gasteiger charge is -2.28. The number of benzene rings is 2.